The van der Waals surface area contributed by atoms with Crippen LogP contribution in [0.15, 0.2) is 42.6 Å². The molecule has 1 amide bonds. The fraction of sp³-hybridized carbons (Fsp3) is 0.0714. The summed E-state index contributed by atoms with van der Waals surface area (Å²) in [5, 5.41) is 7.61. The molecule has 20 heavy (non-hydrogen) atoms. The monoisotopic (exact) mass is 286 g/mol. The maximum atomic E-state index is 12.1. The predicted octanol–water partition coefficient (Wildman–Crippen LogP) is 2.94. The SMILES string of the molecule is Cc1cn2nc(C(=O)Nc3ccc(Cl)cc3)ccc2n1. The van der Waals surface area contributed by atoms with E-state index in [-0.39, 0.29) is 5.91 Å². The Morgan fingerprint density at radius 1 is 1.20 bits per heavy atom. The van der Waals surface area contributed by atoms with E-state index in [1.807, 2.05) is 6.92 Å². The lowest BCUT2D eigenvalue weighted by molar-refractivity contribution is 0.102. The van der Waals surface area contributed by atoms with Crippen LogP contribution in [0.4, 0.5) is 5.69 Å². The van der Waals surface area contributed by atoms with Crippen LogP contribution in [0.3, 0.4) is 0 Å². The van der Waals surface area contributed by atoms with Gasteiger partial charge in [-0.25, -0.2) is 9.50 Å². The highest BCUT2D eigenvalue weighted by Crippen LogP contribution is 2.14. The average molecular weight is 287 g/mol. The molecule has 0 unspecified atom stereocenters. The molecule has 5 nitrogen and oxygen atoms in total. The van der Waals surface area contributed by atoms with Gasteiger partial charge in [-0.1, -0.05) is 11.6 Å². The van der Waals surface area contributed by atoms with E-state index in [0.29, 0.717) is 22.1 Å². The molecule has 100 valence electrons. The van der Waals surface area contributed by atoms with E-state index in [9.17, 15) is 4.79 Å². The van der Waals surface area contributed by atoms with Crippen molar-refractivity contribution in [3.63, 3.8) is 0 Å². The van der Waals surface area contributed by atoms with E-state index >= 15 is 0 Å². The van der Waals surface area contributed by atoms with Crippen molar-refractivity contribution in [2.75, 3.05) is 5.32 Å². The van der Waals surface area contributed by atoms with Crippen molar-refractivity contribution < 1.29 is 4.79 Å². The molecular formula is C14H11ClN4O. The molecule has 0 aliphatic heterocycles. The van der Waals surface area contributed by atoms with Crippen LogP contribution in [-0.4, -0.2) is 20.5 Å². The molecule has 3 aromatic rings. The number of carbonyl (C=O) groups is 1. The van der Waals surface area contributed by atoms with Crippen LogP contribution >= 0.6 is 11.6 Å². The maximum Gasteiger partial charge on any atom is 0.276 e. The Labute approximate surface area is 120 Å². The third-order valence-electron chi connectivity index (χ3n) is 2.78. The van der Waals surface area contributed by atoms with Crippen molar-refractivity contribution in [3.8, 4) is 0 Å². The lowest BCUT2D eigenvalue weighted by Crippen LogP contribution is -2.15. The first-order valence-corrected chi connectivity index (χ1v) is 6.39. The number of hydrogen-bond acceptors (Lipinski definition) is 3. The molecule has 0 aliphatic carbocycles. The summed E-state index contributed by atoms with van der Waals surface area (Å²) >= 11 is 5.80. The smallest absolute Gasteiger partial charge is 0.276 e. The maximum absolute atomic E-state index is 12.1. The fourth-order valence-corrected chi connectivity index (χ4v) is 1.98. The summed E-state index contributed by atoms with van der Waals surface area (Å²) in [6, 6.07) is 10.3. The van der Waals surface area contributed by atoms with Crippen molar-refractivity contribution in [3.05, 3.63) is 59.0 Å². The molecule has 0 fully saturated rings. The first-order chi connectivity index (χ1) is 9.61. The molecule has 0 spiro atoms. The number of hydrogen-bond donors (Lipinski definition) is 1. The van der Waals surface area contributed by atoms with Gasteiger partial charge in [-0.05, 0) is 43.3 Å². The van der Waals surface area contributed by atoms with E-state index < -0.39 is 0 Å². The number of imidazole rings is 1. The zero-order valence-corrected chi connectivity index (χ0v) is 11.4. The number of nitrogens with zero attached hydrogens (tertiary/aromatic N) is 3. The van der Waals surface area contributed by atoms with E-state index in [1.165, 1.54) is 0 Å². The molecule has 1 N–H and O–H groups in total. The van der Waals surface area contributed by atoms with Crippen LogP contribution in [0.25, 0.3) is 5.65 Å². The second-order valence-corrected chi connectivity index (χ2v) is 4.80. The number of anilines is 1. The lowest BCUT2D eigenvalue weighted by Gasteiger charge is -2.04. The standard InChI is InChI=1S/C14H11ClN4O/c1-9-8-19-13(16-9)7-6-12(18-19)14(20)17-11-4-2-10(15)3-5-11/h2-8H,1H3,(H,17,20). The molecular weight excluding hydrogens is 276 g/mol. The number of nitrogens with one attached hydrogen (secondary N) is 1. The highest BCUT2D eigenvalue weighted by Gasteiger charge is 2.09. The van der Waals surface area contributed by atoms with E-state index in [1.54, 1.807) is 47.1 Å². The summed E-state index contributed by atoms with van der Waals surface area (Å²) in [5.41, 5.74) is 2.56. The number of aryl methyl sites for hydroxylation is 1. The Balaban J connectivity index is 1.86. The summed E-state index contributed by atoms with van der Waals surface area (Å²) in [6.07, 6.45) is 1.77. The summed E-state index contributed by atoms with van der Waals surface area (Å²) in [5.74, 6) is -0.277. The van der Waals surface area contributed by atoms with Crippen LogP contribution in [0.1, 0.15) is 16.2 Å². The minimum Gasteiger partial charge on any atom is -0.321 e. The summed E-state index contributed by atoms with van der Waals surface area (Å²) in [4.78, 5) is 16.4. The largest absolute Gasteiger partial charge is 0.321 e. The molecule has 0 saturated heterocycles. The number of fused-ring (bicyclic) bond motifs is 1. The van der Waals surface area contributed by atoms with Gasteiger partial charge in [-0.2, -0.15) is 5.10 Å². The van der Waals surface area contributed by atoms with Crippen molar-refractivity contribution in [1.29, 1.82) is 0 Å². The second-order valence-electron chi connectivity index (χ2n) is 4.36. The average Bonchev–Trinajstić information content (AvgIpc) is 2.80. The molecule has 6 heteroatoms. The van der Waals surface area contributed by atoms with Crippen LogP contribution in [0.2, 0.25) is 5.02 Å². The Hall–Kier alpha value is -2.40. The molecule has 2 heterocycles. The molecule has 0 radical (unpaired) electrons. The fourth-order valence-electron chi connectivity index (χ4n) is 1.85. The highest BCUT2D eigenvalue weighted by atomic mass is 35.5. The Morgan fingerprint density at radius 2 is 1.95 bits per heavy atom. The highest BCUT2D eigenvalue weighted by molar-refractivity contribution is 6.30. The number of rotatable bonds is 2. The number of benzene rings is 1. The molecule has 3 rings (SSSR count). The van der Waals surface area contributed by atoms with Crippen molar-refractivity contribution >= 4 is 28.8 Å². The van der Waals surface area contributed by atoms with Gasteiger partial charge in [0, 0.05) is 10.7 Å². The zero-order chi connectivity index (χ0) is 14.1. The molecule has 0 saturated carbocycles. The third-order valence-corrected chi connectivity index (χ3v) is 3.03. The van der Waals surface area contributed by atoms with Gasteiger partial charge in [0.2, 0.25) is 0 Å². The normalized spacial score (nSPS) is 10.7. The zero-order valence-electron chi connectivity index (χ0n) is 10.7. The van der Waals surface area contributed by atoms with Crippen molar-refractivity contribution in [2.45, 2.75) is 6.92 Å². The Bertz CT molecular complexity index is 779. The van der Waals surface area contributed by atoms with Gasteiger partial charge in [0.05, 0.1) is 11.9 Å². The summed E-state index contributed by atoms with van der Waals surface area (Å²) in [6.45, 7) is 1.88. The van der Waals surface area contributed by atoms with E-state index in [0.717, 1.165) is 5.69 Å². The Kier molecular flexibility index (Phi) is 3.12. The van der Waals surface area contributed by atoms with E-state index in [2.05, 4.69) is 15.4 Å². The molecule has 0 bridgehead atoms. The summed E-state index contributed by atoms with van der Waals surface area (Å²) < 4.78 is 1.59. The Morgan fingerprint density at radius 3 is 2.70 bits per heavy atom. The van der Waals surface area contributed by atoms with Crippen molar-refractivity contribution in [2.24, 2.45) is 0 Å². The topological polar surface area (TPSA) is 59.3 Å². The summed E-state index contributed by atoms with van der Waals surface area (Å²) in [7, 11) is 0. The van der Waals surface area contributed by atoms with Gasteiger partial charge < -0.3 is 5.32 Å². The van der Waals surface area contributed by atoms with Gasteiger partial charge >= 0.3 is 0 Å². The van der Waals surface area contributed by atoms with Crippen LogP contribution in [-0.2, 0) is 0 Å². The minimum absolute atomic E-state index is 0.277. The van der Waals surface area contributed by atoms with Gasteiger partial charge in [0.15, 0.2) is 5.65 Å². The van der Waals surface area contributed by atoms with Gasteiger partial charge in [0.1, 0.15) is 5.69 Å². The molecule has 0 atom stereocenters. The molecule has 1 aromatic carbocycles. The number of aromatic nitrogens is 3. The van der Waals surface area contributed by atoms with Crippen molar-refractivity contribution in [1.82, 2.24) is 14.6 Å². The second kappa shape index (κ2) is 4.94. The quantitative estimate of drug-likeness (QED) is 0.788. The van der Waals surface area contributed by atoms with Gasteiger partial charge in [-0.15, -0.1) is 0 Å². The minimum atomic E-state index is -0.277. The number of carbonyl (C=O) groups excluding carboxylic acids is 1. The number of halogens is 1. The number of amides is 1. The third kappa shape index (κ3) is 2.48. The van der Waals surface area contributed by atoms with Gasteiger partial charge in [-0.3, -0.25) is 4.79 Å². The molecule has 0 aliphatic rings. The van der Waals surface area contributed by atoms with Crippen LogP contribution in [0, 0.1) is 6.92 Å². The van der Waals surface area contributed by atoms with Crippen LogP contribution < -0.4 is 5.32 Å². The first kappa shape index (κ1) is 12.6. The predicted molar refractivity (Wildman–Crippen MR) is 77.1 cm³/mol. The lowest BCUT2D eigenvalue weighted by atomic mass is 10.3. The van der Waals surface area contributed by atoms with Gasteiger partial charge in [0.25, 0.3) is 5.91 Å². The van der Waals surface area contributed by atoms with E-state index in [4.69, 9.17) is 11.6 Å². The van der Waals surface area contributed by atoms with Crippen LogP contribution in [0.5, 0.6) is 0 Å². The molecule has 2 aromatic heterocycles. The first-order valence-electron chi connectivity index (χ1n) is 6.02.